The van der Waals surface area contributed by atoms with Crippen molar-refractivity contribution in [2.75, 3.05) is 13.2 Å². The van der Waals surface area contributed by atoms with Crippen molar-refractivity contribution in [1.29, 1.82) is 0 Å². The van der Waals surface area contributed by atoms with Gasteiger partial charge in [-0.3, -0.25) is 0 Å². The molecule has 0 aliphatic rings. The lowest BCUT2D eigenvalue weighted by Crippen LogP contribution is -2.22. The van der Waals surface area contributed by atoms with Gasteiger partial charge in [0.15, 0.2) is 0 Å². The smallest absolute Gasteiger partial charge is 0.123 e. The first-order valence-corrected chi connectivity index (χ1v) is 6.04. The average Bonchev–Trinajstić information content (AvgIpc) is 2.16. The largest absolute Gasteiger partial charge is 0.381 e. The molecule has 0 fully saturated rings. The lowest BCUT2D eigenvalue weighted by molar-refractivity contribution is 0.0919. The lowest BCUT2D eigenvalue weighted by atomic mass is 9.95. The van der Waals surface area contributed by atoms with Gasteiger partial charge in [0.25, 0.3) is 0 Å². The van der Waals surface area contributed by atoms with Crippen molar-refractivity contribution in [2.45, 2.75) is 51.9 Å². The molecular weight excluding hydrogens is 173 g/mol. The molecule has 0 aromatic rings. The van der Waals surface area contributed by atoms with E-state index in [9.17, 15) is 0 Å². The van der Waals surface area contributed by atoms with Crippen LogP contribution in [0, 0.1) is 5.92 Å². The van der Waals surface area contributed by atoms with Gasteiger partial charge in [-0.05, 0) is 24.7 Å². The molecule has 2 N–H and O–H groups in total. The van der Waals surface area contributed by atoms with Crippen LogP contribution in [0.3, 0.4) is 0 Å². The fourth-order valence-electron chi connectivity index (χ4n) is 1.42. The fraction of sp³-hybridized carbons (Fsp3) is 1.00. The van der Waals surface area contributed by atoms with E-state index in [1.165, 1.54) is 25.7 Å². The summed E-state index contributed by atoms with van der Waals surface area (Å²) >= 11 is 0. The van der Waals surface area contributed by atoms with Crippen LogP contribution in [-0.2, 0) is 4.74 Å². The number of rotatable bonds is 9. The second-order valence-electron chi connectivity index (χ2n) is 4.26. The van der Waals surface area contributed by atoms with E-state index in [0.29, 0.717) is 0 Å². The van der Waals surface area contributed by atoms with Crippen molar-refractivity contribution in [3.8, 4) is 0 Å². The molecule has 0 heterocycles. The number of ether oxygens (including phenoxy) is 1. The quantitative estimate of drug-likeness (QED) is 0.451. The summed E-state index contributed by atoms with van der Waals surface area (Å²) in [6.45, 7) is 6.22. The summed E-state index contributed by atoms with van der Waals surface area (Å²) < 4.78 is 5.61. The first-order valence-electron chi connectivity index (χ1n) is 6.04. The van der Waals surface area contributed by atoms with Gasteiger partial charge in [-0.25, -0.2) is 0 Å². The summed E-state index contributed by atoms with van der Waals surface area (Å²) in [6, 6.07) is 0. The molecule has 2 unspecified atom stereocenters. The predicted molar refractivity (Wildman–Crippen MR) is 65.3 cm³/mol. The van der Waals surface area contributed by atoms with E-state index in [4.69, 9.17) is 10.5 Å². The first-order chi connectivity index (χ1) is 6.70. The van der Waals surface area contributed by atoms with E-state index in [0.717, 1.165) is 25.6 Å². The molecule has 0 aliphatic heterocycles. The number of unbranched alkanes of at least 4 members (excludes halogenated alkanes) is 1. The van der Waals surface area contributed by atoms with Gasteiger partial charge in [0.1, 0.15) is 7.85 Å². The molecule has 0 spiro atoms. The maximum atomic E-state index is 5.64. The zero-order valence-electron chi connectivity index (χ0n) is 10.1. The normalized spacial score (nSPS) is 15.4. The van der Waals surface area contributed by atoms with Crippen LogP contribution in [0.5, 0.6) is 0 Å². The molecule has 2 nitrogen and oxygen atoms in total. The van der Waals surface area contributed by atoms with Gasteiger partial charge in [0, 0.05) is 13.2 Å². The zero-order chi connectivity index (χ0) is 10.8. The van der Waals surface area contributed by atoms with E-state index < -0.39 is 0 Å². The van der Waals surface area contributed by atoms with E-state index in [2.05, 4.69) is 13.8 Å². The molecule has 0 aliphatic carbocycles. The Morgan fingerprint density at radius 1 is 1.29 bits per heavy atom. The topological polar surface area (TPSA) is 35.2 Å². The molecule has 0 aromatic carbocycles. The van der Waals surface area contributed by atoms with Gasteiger partial charge in [-0.2, -0.15) is 0 Å². The Labute approximate surface area is 90.0 Å². The highest BCUT2D eigenvalue weighted by Crippen LogP contribution is 2.12. The maximum Gasteiger partial charge on any atom is 0.123 e. The zero-order valence-corrected chi connectivity index (χ0v) is 10.1. The molecule has 0 aromatic heterocycles. The van der Waals surface area contributed by atoms with Crippen LogP contribution < -0.4 is 5.73 Å². The standard InChI is InChI=1S/C11H26BNO/c1-3-5-6-10(4-2)9-14-8-7-11(12)13/h10-11H,3-9,12-13H2,1-2H3. The number of nitrogens with two attached hydrogens (primary N) is 1. The molecule has 2 atom stereocenters. The highest BCUT2D eigenvalue weighted by molar-refractivity contribution is 6.11. The van der Waals surface area contributed by atoms with E-state index in [1.54, 1.807) is 0 Å². The van der Waals surface area contributed by atoms with Crippen LogP contribution in [0.15, 0.2) is 0 Å². The fourth-order valence-corrected chi connectivity index (χ4v) is 1.42. The van der Waals surface area contributed by atoms with Crippen molar-refractivity contribution >= 4 is 7.85 Å². The summed E-state index contributed by atoms with van der Waals surface area (Å²) in [6.07, 6.45) is 6.14. The molecule has 0 bridgehead atoms. The highest BCUT2D eigenvalue weighted by Gasteiger charge is 2.05. The van der Waals surface area contributed by atoms with Gasteiger partial charge in [0.2, 0.25) is 0 Å². The lowest BCUT2D eigenvalue weighted by Gasteiger charge is -2.15. The molecular formula is C11H26BNO. The molecule has 0 saturated carbocycles. The van der Waals surface area contributed by atoms with Crippen molar-refractivity contribution in [3.05, 3.63) is 0 Å². The summed E-state index contributed by atoms with van der Waals surface area (Å²) in [7, 11) is 2.03. The van der Waals surface area contributed by atoms with E-state index in [1.807, 2.05) is 7.85 Å². The molecule has 0 saturated heterocycles. The Balaban J connectivity index is 3.33. The number of hydrogen-bond acceptors (Lipinski definition) is 2. The molecule has 0 amide bonds. The van der Waals surface area contributed by atoms with Gasteiger partial charge >= 0.3 is 0 Å². The summed E-state index contributed by atoms with van der Waals surface area (Å²) in [5, 5.41) is 0. The Hall–Kier alpha value is -0.0151. The second kappa shape index (κ2) is 9.54. The van der Waals surface area contributed by atoms with E-state index >= 15 is 0 Å². The summed E-state index contributed by atoms with van der Waals surface area (Å²) in [5.74, 6) is 1.02. The monoisotopic (exact) mass is 199 g/mol. The first kappa shape index (κ1) is 14.0. The SMILES string of the molecule is BC(N)CCOCC(CC)CCCC. The third-order valence-electron chi connectivity index (χ3n) is 2.61. The average molecular weight is 199 g/mol. The van der Waals surface area contributed by atoms with Crippen LogP contribution in [0.1, 0.15) is 46.0 Å². The van der Waals surface area contributed by atoms with Gasteiger partial charge in [-0.15, -0.1) is 0 Å². The predicted octanol–water partition coefficient (Wildman–Crippen LogP) is 1.53. The Kier molecular flexibility index (Phi) is 9.53. The Morgan fingerprint density at radius 3 is 2.50 bits per heavy atom. The molecule has 0 rings (SSSR count). The molecule has 14 heavy (non-hydrogen) atoms. The third-order valence-corrected chi connectivity index (χ3v) is 2.61. The van der Waals surface area contributed by atoms with Crippen LogP contribution in [-0.4, -0.2) is 27.0 Å². The minimum absolute atomic E-state index is 0.269. The van der Waals surface area contributed by atoms with Crippen LogP contribution in [0.25, 0.3) is 0 Å². The third kappa shape index (κ3) is 8.58. The molecule has 0 radical (unpaired) electrons. The maximum absolute atomic E-state index is 5.64. The minimum Gasteiger partial charge on any atom is -0.381 e. The second-order valence-corrected chi connectivity index (χ2v) is 4.26. The van der Waals surface area contributed by atoms with Crippen LogP contribution in [0.2, 0.25) is 0 Å². The van der Waals surface area contributed by atoms with E-state index in [-0.39, 0.29) is 5.94 Å². The highest BCUT2D eigenvalue weighted by atomic mass is 16.5. The summed E-state index contributed by atoms with van der Waals surface area (Å²) in [4.78, 5) is 0. The van der Waals surface area contributed by atoms with Gasteiger partial charge in [0.05, 0.1) is 0 Å². The van der Waals surface area contributed by atoms with Crippen LogP contribution in [0.4, 0.5) is 0 Å². The molecule has 3 heteroatoms. The van der Waals surface area contributed by atoms with Crippen molar-refractivity contribution in [2.24, 2.45) is 11.7 Å². The Bertz CT molecular complexity index is 120. The van der Waals surface area contributed by atoms with Gasteiger partial charge in [-0.1, -0.05) is 33.1 Å². The minimum atomic E-state index is 0.269. The van der Waals surface area contributed by atoms with Crippen molar-refractivity contribution in [3.63, 3.8) is 0 Å². The molecule has 84 valence electrons. The van der Waals surface area contributed by atoms with Crippen molar-refractivity contribution in [1.82, 2.24) is 0 Å². The van der Waals surface area contributed by atoms with Gasteiger partial charge < -0.3 is 10.5 Å². The van der Waals surface area contributed by atoms with Crippen LogP contribution >= 0.6 is 0 Å². The number of hydrogen-bond donors (Lipinski definition) is 1. The van der Waals surface area contributed by atoms with Crippen molar-refractivity contribution < 1.29 is 4.74 Å². The summed E-state index contributed by atoms with van der Waals surface area (Å²) in [5.41, 5.74) is 5.64. The Morgan fingerprint density at radius 2 is 2.00 bits per heavy atom.